The predicted molar refractivity (Wildman–Crippen MR) is 76.3 cm³/mol. The van der Waals surface area contributed by atoms with Gasteiger partial charge in [-0.15, -0.1) is 0 Å². The first-order chi connectivity index (χ1) is 8.95. The Labute approximate surface area is 115 Å². The van der Waals surface area contributed by atoms with Crippen molar-refractivity contribution >= 4 is 10.0 Å². The van der Waals surface area contributed by atoms with Crippen LogP contribution in [0.25, 0.3) is 0 Å². The third kappa shape index (κ3) is 2.99. The molecule has 0 aromatic heterocycles. The predicted octanol–water partition coefficient (Wildman–Crippen LogP) is 1.46. The van der Waals surface area contributed by atoms with Crippen LogP contribution in [0.15, 0.2) is 29.2 Å². The highest BCUT2D eigenvalue weighted by Crippen LogP contribution is 2.28. The highest BCUT2D eigenvalue weighted by molar-refractivity contribution is 7.89. The molecule has 0 saturated carbocycles. The van der Waals surface area contributed by atoms with Crippen LogP contribution in [0.4, 0.5) is 0 Å². The second-order valence-corrected chi connectivity index (χ2v) is 7.40. The Morgan fingerprint density at radius 3 is 2.16 bits per heavy atom. The van der Waals surface area contributed by atoms with Gasteiger partial charge in [0.25, 0.3) is 0 Å². The van der Waals surface area contributed by atoms with Crippen LogP contribution in [-0.4, -0.2) is 32.4 Å². The molecule has 1 heterocycles. The summed E-state index contributed by atoms with van der Waals surface area (Å²) >= 11 is 0. The van der Waals surface area contributed by atoms with Gasteiger partial charge < -0.3 is 5.73 Å². The molecule has 0 bridgehead atoms. The molecule has 19 heavy (non-hydrogen) atoms. The zero-order valence-corrected chi connectivity index (χ0v) is 12.4. The average Bonchev–Trinajstić information content (AvgIpc) is 2.71. The maximum absolute atomic E-state index is 12.5. The number of hydrogen-bond donors (Lipinski definition) is 1. The lowest BCUT2D eigenvalue weighted by Crippen LogP contribution is -2.29. The monoisotopic (exact) mass is 282 g/mol. The van der Waals surface area contributed by atoms with Crippen LogP contribution < -0.4 is 5.73 Å². The van der Waals surface area contributed by atoms with E-state index in [4.69, 9.17) is 5.73 Å². The number of hydrogen-bond acceptors (Lipinski definition) is 3. The molecule has 2 N–H and O–H groups in total. The minimum atomic E-state index is -3.33. The van der Waals surface area contributed by atoms with E-state index in [-0.39, 0.29) is 0 Å². The summed E-state index contributed by atoms with van der Waals surface area (Å²) in [6.07, 6.45) is 0.776. The first-order valence-corrected chi connectivity index (χ1v) is 8.18. The quantitative estimate of drug-likeness (QED) is 0.909. The van der Waals surface area contributed by atoms with Crippen molar-refractivity contribution in [3.63, 3.8) is 0 Å². The molecular weight excluding hydrogens is 260 g/mol. The van der Waals surface area contributed by atoms with Gasteiger partial charge in [0.1, 0.15) is 0 Å². The number of rotatable bonds is 4. The first-order valence-electron chi connectivity index (χ1n) is 6.74. The third-order valence-corrected chi connectivity index (χ3v) is 5.79. The molecule has 1 aromatic rings. The highest BCUT2D eigenvalue weighted by atomic mass is 32.2. The van der Waals surface area contributed by atoms with E-state index >= 15 is 0 Å². The van der Waals surface area contributed by atoms with Crippen molar-refractivity contribution in [1.29, 1.82) is 0 Å². The molecular formula is C14H22N2O2S. The summed E-state index contributed by atoms with van der Waals surface area (Å²) in [7, 11) is -3.33. The Morgan fingerprint density at radius 1 is 1.16 bits per heavy atom. The van der Waals surface area contributed by atoms with Crippen molar-refractivity contribution in [1.82, 2.24) is 4.31 Å². The molecule has 0 aliphatic carbocycles. The van der Waals surface area contributed by atoms with Crippen molar-refractivity contribution in [3.05, 3.63) is 29.8 Å². The first kappa shape index (κ1) is 14.5. The minimum Gasteiger partial charge on any atom is -0.330 e. The Balaban J connectivity index is 2.20. The molecule has 1 aliphatic rings. The molecule has 0 spiro atoms. The highest BCUT2D eigenvalue weighted by Gasteiger charge is 2.34. The van der Waals surface area contributed by atoms with Gasteiger partial charge in [-0.2, -0.15) is 4.31 Å². The number of sulfonamides is 1. The summed E-state index contributed by atoms with van der Waals surface area (Å²) in [6.45, 7) is 6.02. The van der Waals surface area contributed by atoms with Crippen molar-refractivity contribution in [2.24, 2.45) is 17.6 Å². The lowest BCUT2D eigenvalue weighted by Gasteiger charge is -2.16. The van der Waals surface area contributed by atoms with E-state index in [0.29, 0.717) is 36.4 Å². The summed E-state index contributed by atoms with van der Waals surface area (Å²) in [4.78, 5) is 0.384. The van der Waals surface area contributed by atoms with Crippen LogP contribution in [0.2, 0.25) is 0 Å². The summed E-state index contributed by atoms with van der Waals surface area (Å²) in [5.41, 5.74) is 6.56. The normalized spacial score (nSPS) is 24.8. The zero-order valence-electron chi connectivity index (χ0n) is 11.5. The molecule has 4 nitrogen and oxygen atoms in total. The Morgan fingerprint density at radius 2 is 1.68 bits per heavy atom. The van der Waals surface area contributed by atoms with Gasteiger partial charge >= 0.3 is 0 Å². The lowest BCUT2D eigenvalue weighted by molar-refractivity contribution is 0.463. The summed E-state index contributed by atoms with van der Waals surface area (Å²) in [6, 6.07) is 7.08. The summed E-state index contributed by atoms with van der Waals surface area (Å²) in [5, 5.41) is 0. The number of nitrogens with two attached hydrogens (primary N) is 1. The van der Waals surface area contributed by atoms with Crippen LogP contribution >= 0.6 is 0 Å². The topological polar surface area (TPSA) is 63.4 Å². The van der Waals surface area contributed by atoms with Crippen molar-refractivity contribution in [2.45, 2.75) is 25.2 Å². The molecule has 2 rings (SSSR count). The van der Waals surface area contributed by atoms with E-state index in [1.165, 1.54) is 0 Å². The molecule has 1 aromatic carbocycles. The molecule has 1 saturated heterocycles. The van der Waals surface area contributed by atoms with E-state index in [0.717, 1.165) is 12.0 Å². The van der Waals surface area contributed by atoms with Crippen LogP contribution in [0.5, 0.6) is 0 Å². The van der Waals surface area contributed by atoms with Gasteiger partial charge in [-0.1, -0.05) is 26.0 Å². The second-order valence-electron chi connectivity index (χ2n) is 5.46. The Hall–Kier alpha value is -0.910. The van der Waals surface area contributed by atoms with Gasteiger partial charge in [-0.3, -0.25) is 0 Å². The van der Waals surface area contributed by atoms with Crippen LogP contribution in [0, 0.1) is 11.8 Å². The fraction of sp³-hybridized carbons (Fsp3) is 0.571. The molecule has 106 valence electrons. The van der Waals surface area contributed by atoms with E-state index in [1.807, 2.05) is 12.1 Å². The number of benzene rings is 1. The minimum absolute atomic E-state index is 0.384. The smallest absolute Gasteiger partial charge is 0.243 e. The second kappa shape index (κ2) is 5.61. The lowest BCUT2D eigenvalue weighted by atomic mass is 10.0. The van der Waals surface area contributed by atoms with E-state index in [9.17, 15) is 8.42 Å². The van der Waals surface area contributed by atoms with E-state index < -0.39 is 10.0 Å². The average molecular weight is 282 g/mol. The van der Waals surface area contributed by atoms with Gasteiger partial charge in [-0.05, 0) is 42.5 Å². The molecule has 5 heteroatoms. The third-order valence-electron chi connectivity index (χ3n) is 3.95. The van der Waals surface area contributed by atoms with Crippen molar-refractivity contribution in [2.75, 3.05) is 19.6 Å². The van der Waals surface area contributed by atoms with Crippen LogP contribution in [0.3, 0.4) is 0 Å². The Bertz CT molecular complexity index is 515. The largest absolute Gasteiger partial charge is 0.330 e. The maximum atomic E-state index is 12.5. The molecule has 2 atom stereocenters. The molecule has 0 radical (unpaired) electrons. The fourth-order valence-electron chi connectivity index (χ4n) is 2.42. The van der Waals surface area contributed by atoms with Gasteiger partial charge in [0.15, 0.2) is 0 Å². The standard InChI is InChI=1S/C14H22N2O2S/c1-11-9-16(10-12(11)2)19(17,18)14-5-3-13(4-6-14)7-8-15/h3-6,11-12H,7-10,15H2,1-2H3. The van der Waals surface area contributed by atoms with Gasteiger partial charge in [0, 0.05) is 13.1 Å². The van der Waals surface area contributed by atoms with Gasteiger partial charge in [0.05, 0.1) is 4.90 Å². The van der Waals surface area contributed by atoms with Gasteiger partial charge in [-0.25, -0.2) is 8.42 Å². The van der Waals surface area contributed by atoms with Crippen molar-refractivity contribution < 1.29 is 8.42 Å². The van der Waals surface area contributed by atoms with Gasteiger partial charge in [0.2, 0.25) is 10.0 Å². The summed E-state index contributed by atoms with van der Waals surface area (Å²) in [5.74, 6) is 0.845. The maximum Gasteiger partial charge on any atom is 0.243 e. The van der Waals surface area contributed by atoms with E-state index in [1.54, 1.807) is 16.4 Å². The molecule has 1 fully saturated rings. The van der Waals surface area contributed by atoms with Crippen molar-refractivity contribution in [3.8, 4) is 0 Å². The molecule has 1 aliphatic heterocycles. The van der Waals surface area contributed by atoms with Crippen LogP contribution in [-0.2, 0) is 16.4 Å². The SMILES string of the molecule is CC1CN(S(=O)(=O)c2ccc(CCN)cc2)CC1C. The number of nitrogens with zero attached hydrogens (tertiary/aromatic N) is 1. The Kier molecular flexibility index (Phi) is 4.28. The zero-order chi connectivity index (χ0) is 14.0. The fourth-order valence-corrected chi connectivity index (χ4v) is 4.06. The van der Waals surface area contributed by atoms with E-state index in [2.05, 4.69) is 13.8 Å². The molecule has 2 unspecified atom stereocenters. The summed E-state index contributed by atoms with van der Waals surface area (Å²) < 4.78 is 26.6. The molecule has 0 amide bonds. The van der Waals surface area contributed by atoms with Crippen LogP contribution in [0.1, 0.15) is 19.4 Å².